The highest BCUT2D eigenvalue weighted by Gasteiger charge is 2.61. The van der Waals surface area contributed by atoms with E-state index in [9.17, 15) is 13.2 Å². The van der Waals surface area contributed by atoms with Gasteiger partial charge in [0.05, 0.1) is 5.41 Å². The Morgan fingerprint density at radius 2 is 1.36 bits per heavy atom. The van der Waals surface area contributed by atoms with Gasteiger partial charge < -0.3 is 0 Å². The monoisotopic (exact) mass is 210 g/mol. The summed E-state index contributed by atoms with van der Waals surface area (Å²) in [6.45, 7) is 9.95. The molecule has 0 fully saturated rings. The third-order valence-electron chi connectivity index (χ3n) is 3.39. The molecule has 0 amide bonds. The average Bonchev–Trinajstić information content (AvgIpc) is 1.80. The minimum absolute atomic E-state index is 0.137. The van der Waals surface area contributed by atoms with Crippen LogP contribution in [0.2, 0.25) is 0 Å². The van der Waals surface area contributed by atoms with E-state index in [-0.39, 0.29) is 6.42 Å². The molecule has 0 nitrogen and oxygen atoms in total. The molecule has 0 aliphatic heterocycles. The first-order valence-electron chi connectivity index (χ1n) is 5.07. The van der Waals surface area contributed by atoms with Crippen molar-refractivity contribution in [2.45, 2.75) is 54.1 Å². The van der Waals surface area contributed by atoms with E-state index < -0.39 is 22.9 Å². The maximum Gasteiger partial charge on any atom is 0.395 e. The molecule has 0 saturated carbocycles. The van der Waals surface area contributed by atoms with Crippen molar-refractivity contribution < 1.29 is 13.2 Å². The molecule has 0 aliphatic carbocycles. The van der Waals surface area contributed by atoms with Crippen LogP contribution in [-0.4, -0.2) is 6.18 Å². The highest BCUT2D eigenvalue weighted by Crippen LogP contribution is 2.57. The molecule has 1 atom stereocenters. The van der Waals surface area contributed by atoms with Gasteiger partial charge in [-0.1, -0.05) is 41.5 Å². The minimum atomic E-state index is -4.13. The molecular weight excluding hydrogens is 189 g/mol. The SMILES string of the molecule is CC[C@](C(C)C)(C(C)(C)C)C(F)(F)F. The number of rotatable bonds is 2. The van der Waals surface area contributed by atoms with Crippen molar-refractivity contribution >= 4 is 0 Å². The van der Waals surface area contributed by atoms with Crippen molar-refractivity contribution in [3.63, 3.8) is 0 Å². The Balaban J connectivity index is 5.45. The fourth-order valence-electron chi connectivity index (χ4n) is 2.76. The van der Waals surface area contributed by atoms with Gasteiger partial charge in [-0.2, -0.15) is 13.2 Å². The van der Waals surface area contributed by atoms with Crippen LogP contribution in [0, 0.1) is 16.7 Å². The first-order chi connectivity index (χ1) is 6.00. The van der Waals surface area contributed by atoms with Crippen LogP contribution in [0.25, 0.3) is 0 Å². The predicted molar refractivity (Wildman–Crippen MR) is 53.1 cm³/mol. The van der Waals surface area contributed by atoms with Crippen molar-refractivity contribution in [3.05, 3.63) is 0 Å². The van der Waals surface area contributed by atoms with Gasteiger partial charge in [0.1, 0.15) is 0 Å². The quantitative estimate of drug-likeness (QED) is 0.622. The molecule has 0 saturated heterocycles. The molecule has 3 heteroatoms. The van der Waals surface area contributed by atoms with E-state index in [0.717, 1.165) is 0 Å². The molecule has 0 aromatic heterocycles. The van der Waals surface area contributed by atoms with Gasteiger partial charge in [-0.15, -0.1) is 0 Å². The predicted octanol–water partition coefficient (Wildman–Crippen LogP) is 4.65. The molecule has 0 rings (SSSR count). The molecule has 14 heavy (non-hydrogen) atoms. The molecule has 0 bridgehead atoms. The van der Waals surface area contributed by atoms with Crippen LogP contribution >= 0.6 is 0 Å². The van der Waals surface area contributed by atoms with Gasteiger partial charge in [-0.3, -0.25) is 0 Å². The maximum absolute atomic E-state index is 13.1. The van der Waals surface area contributed by atoms with Gasteiger partial charge in [0.15, 0.2) is 0 Å². The van der Waals surface area contributed by atoms with Crippen molar-refractivity contribution in [3.8, 4) is 0 Å². The molecule has 0 aromatic rings. The fraction of sp³-hybridized carbons (Fsp3) is 1.00. The summed E-state index contributed by atoms with van der Waals surface area (Å²) in [5.41, 5.74) is -2.34. The lowest BCUT2D eigenvalue weighted by atomic mass is 9.58. The largest absolute Gasteiger partial charge is 0.395 e. The van der Waals surface area contributed by atoms with E-state index in [4.69, 9.17) is 0 Å². The van der Waals surface area contributed by atoms with E-state index in [1.807, 2.05) is 0 Å². The Bertz CT molecular complexity index is 170. The highest BCUT2D eigenvalue weighted by atomic mass is 19.4. The molecule has 0 heterocycles. The van der Waals surface area contributed by atoms with Crippen LogP contribution in [0.15, 0.2) is 0 Å². The van der Waals surface area contributed by atoms with E-state index in [0.29, 0.717) is 0 Å². The lowest BCUT2D eigenvalue weighted by molar-refractivity contribution is -0.276. The number of alkyl halides is 3. The molecule has 0 spiro atoms. The molecule has 0 radical (unpaired) electrons. The third kappa shape index (κ3) is 1.91. The van der Waals surface area contributed by atoms with Crippen LogP contribution < -0.4 is 0 Å². The lowest BCUT2D eigenvalue weighted by Crippen LogP contribution is -2.51. The van der Waals surface area contributed by atoms with E-state index >= 15 is 0 Å². The first kappa shape index (κ1) is 13.8. The van der Waals surface area contributed by atoms with Crippen molar-refractivity contribution in [1.29, 1.82) is 0 Å². The molecule has 0 aromatic carbocycles. The Morgan fingerprint density at radius 3 is 1.36 bits per heavy atom. The van der Waals surface area contributed by atoms with E-state index in [2.05, 4.69) is 0 Å². The topological polar surface area (TPSA) is 0 Å². The second-order valence-electron chi connectivity index (χ2n) is 5.23. The summed E-state index contributed by atoms with van der Waals surface area (Å²) in [6, 6.07) is 0. The summed E-state index contributed by atoms with van der Waals surface area (Å²) < 4.78 is 39.4. The van der Waals surface area contributed by atoms with Crippen LogP contribution in [0.3, 0.4) is 0 Å². The Morgan fingerprint density at radius 1 is 1.00 bits per heavy atom. The zero-order chi connectivity index (χ0) is 11.8. The fourth-order valence-corrected chi connectivity index (χ4v) is 2.76. The molecule has 86 valence electrons. The Kier molecular flexibility index (Phi) is 3.69. The summed E-state index contributed by atoms with van der Waals surface area (Å²) in [5, 5.41) is 0. The Labute approximate surface area is 84.9 Å². The standard InChI is InChI=1S/C11H21F3/c1-7-10(8(2)3,9(4,5)6)11(12,13)14/h8H,7H2,1-6H3/t10-/m0/s1. The summed E-state index contributed by atoms with van der Waals surface area (Å²) >= 11 is 0. The molecule has 0 N–H and O–H groups in total. The second kappa shape index (κ2) is 3.74. The molecule has 0 unspecified atom stereocenters. The smallest absolute Gasteiger partial charge is 0.170 e. The van der Waals surface area contributed by atoms with Crippen LogP contribution in [0.4, 0.5) is 13.2 Å². The average molecular weight is 210 g/mol. The summed E-state index contributed by atoms with van der Waals surface area (Å²) in [6.07, 6.45) is -3.99. The number of halogens is 3. The lowest BCUT2D eigenvalue weighted by Gasteiger charge is -2.48. The first-order valence-corrected chi connectivity index (χ1v) is 5.07. The van der Waals surface area contributed by atoms with Crippen molar-refractivity contribution in [2.75, 3.05) is 0 Å². The van der Waals surface area contributed by atoms with Gasteiger partial charge in [0.25, 0.3) is 0 Å². The summed E-state index contributed by atoms with van der Waals surface area (Å²) in [5.74, 6) is -0.396. The van der Waals surface area contributed by atoms with Crippen LogP contribution in [-0.2, 0) is 0 Å². The van der Waals surface area contributed by atoms with Gasteiger partial charge in [-0.05, 0) is 17.8 Å². The van der Waals surface area contributed by atoms with Gasteiger partial charge in [-0.25, -0.2) is 0 Å². The second-order valence-corrected chi connectivity index (χ2v) is 5.23. The minimum Gasteiger partial charge on any atom is -0.170 e. The normalized spacial score (nSPS) is 18.4. The van der Waals surface area contributed by atoms with Crippen LogP contribution in [0.5, 0.6) is 0 Å². The van der Waals surface area contributed by atoms with Gasteiger partial charge >= 0.3 is 6.18 Å². The maximum atomic E-state index is 13.1. The van der Waals surface area contributed by atoms with E-state index in [1.165, 1.54) is 0 Å². The molecular formula is C11H21F3. The summed E-state index contributed by atoms with van der Waals surface area (Å²) in [7, 11) is 0. The summed E-state index contributed by atoms with van der Waals surface area (Å²) in [4.78, 5) is 0. The number of hydrogen-bond acceptors (Lipinski definition) is 0. The van der Waals surface area contributed by atoms with Crippen molar-refractivity contribution in [2.24, 2.45) is 16.7 Å². The van der Waals surface area contributed by atoms with Gasteiger partial charge in [0.2, 0.25) is 0 Å². The zero-order valence-corrected chi connectivity index (χ0v) is 9.92. The molecule has 0 aliphatic rings. The zero-order valence-electron chi connectivity index (χ0n) is 9.92. The van der Waals surface area contributed by atoms with Gasteiger partial charge in [0, 0.05) is 0 Å². The van der Waals surface area contributed by atoms with E-state index in [1.54, 1.807) is 41.5 Å². The highest BCUT2D eigenvalue weighted by molar-refractivity contribution is 4.97. The Hall–Kier alpha value is -0.210. The third-order valence-corrected chi connectivity index (χ3v) is 3.39. The van der Waals surface area contributed by atoms with Crippen molar-refractivity contribution in [1.82, 2.24) is 0 Å². The number of hydrogen-bond donors (Lipinski definition) is 0. The van der Waals surface area contributed by atoms with Crippen LogP contribution in [0.1, 0.15) is 48.0 Å².